The number of hydrogen-bond donors (Lipinski definition) is 0. The van der Waals surface area contributed by atoms with E-state index in [-0.39, 0.29) is 6.10 Å². The highest BCUT2D eigenvalue weighted by molar-refractivity contribution is 7.86. The molecule has 0 saturated heterocycles. The molecule has 3 nitrogen and oxygen atoms in total. The Kier molecular flexibility index (Phi) is 3.60. The molecule has 4 heteroatoms. The van der Waals surface area contributed by atoms with Gasteiger partial charge in [-0.15, -0.1) is 0 Å². The lowest BCUT2D eigenvalue weighted by atomic mass is 10.4. The molecular formula is C6H12O3S. The van der Waals surface area contributed by atoms with Gasteiger partial charge in [-0.25, -0.2) is 0 Å². The third kappa shape index (κ3) is 5.78. The molecule has 0 N–H and O–H groups in total. The first-order valence-electron chi connectivity index (χ1n) is 2.97. The van der Waals surface area contributed by atoms with Crippen LogP contribution in [0.25, 0.3) is 0 Å². The second kappa shape index (κ2) is 3.73. The lowest BCUT2D eigenvalue weighted by molar-refractivity contribution is 0.278. The van der Waals surface area contributed by atoms with Crippen LogP contribution in [0.15, 0.2) is 12.2 Å². The van der Waals surface area contributed by atoms with Crippen LogP contribution in [0.4, 0.5) is 0 Å². The molecular weight excluding hydrogens is 152 g/mol. The minimum Gasteiger partial charge on any atom is -0.263 e. The van der Waals surface area contributed by atoms with Gasteiger partial charge in [-0.05, 0) is 13.8 Å². The van der Waals surface area contributed by atoms with Crippen molar-refractivity contribution in [2.75, 3.05) is 6.26 Å². The maximum Gasteiger partial charge on any atom is 0.264 e. The molecule has 1 atom stereocenters. The van der Waals surface area contributed by atoms with E-state index in [2.05, 4.69) is 4.18 Å². The summed E-state index contributed by atoms with van der Waals surface area (Å²) in [5, 5.41) is 0. The fraction of sp³-hybridized carbons (Fsp3) is 0.667. The standard InChI is InChI=1S/C6H12O3S/c1-4-5-6(2)9-10(3,7)8/h4-6H,1-3H3/b5-4+/t6-/m0/s1. The van der Waals surface area contributed by atoms with E-state index in [1.54, 1.807) is 19.1 Å². The van der Waals surface area contributed by atoms with Crippen molar-refractivity contribution in [2.45, 2.75) is 20.0 Å². The molecule has 10 heavy (non-hydrogen) atoms. The van der Waals surface area contributed by atoms with Crippen LogP contribution in [0.1, 0.15) is 13.8 Å². The Hall–Kier alpha value is -0.350. The largest absolute Gasteiger partial charge is 0.264 e. The van der Waals surface area contributed by atoms with Crippen LogP contribution in [0.3, 0.4) is 0 Å². The quantitative estimate of drug-likeness (QED) is 0.460. The fourth-order valence-corrected chi connectivity index (χ4v) is 1.19. The van der Waals surface area contributed by atoms with Crippen LogP contribution in [0, 0.1) is 0 Å². The maximum absolute atomic E-state index is 10.5. The highest BCUT2D eigenvalue weighted by atomic mass is 32.2. The molecule has 0 rings (SSSR count). The van der Waals surface area contributed by atoms with Crippen LogP contribution in [-0.4, -0.2) is 20.8 Å². The Morgan fingerprint density at radius 1 is 1.50 bits per heavy atom. The Morgan fingerprint density at radius 3 is 2.30 bits per heavy atom. The Bertz CT molecular complexity index is 203. The number of hydrogen-bond acceptors (Lipinski definition) is 3. The molecule has 0 radical (unpaired) electrons. The van der Waals surface area contributed by atoms with E-state index < -0.39 is 10.1 Å². The molecule has 60 valence electrons. The van der Waals surface area contributed by atoms with Crippen LogP contribution >= 0.6 is 0 Å². The smallest absolute Gasteiger partial charge is 0.263 e. The van der Waals surface area contributed by atoms with Crippen molar-refractivity contribution >= 4 is 10.1 Å². The van der Waals surface area contributed by atoms with Gasteiger partial charge in [0.05, 0.1) is 12.4 Å². The molecule has 0 saturated carbocycles. The molecule has 0 spiro atoms. The average molecular weight is 164 g/mol. The summed E-state index contributed by atoms with van der Waals surface area (Å²) in [5.74, 6) is 0. The van der Waals surface area contributed by atoms with E-state index in [1.807, 2.05) is 6.92 Å². The van der Waals surface area contributed by atoms with Crippen LogP contribution < -0.4 is 0 Å². The molecule has 0 amide bonds. The van der Waals surface area contributed by atoms with Gasteiger partial charge < -0.3 is 0 Å². The summed E-state index contributed by atoms with van der Waals surface area (Å²) in [5.41, 5.74) is 0. The van der Waals surface area contributed by atoms with Crippen LogP contribution in [0.5, 0.6) is 0 Å². The SMILES string of the molecule is C/C=C/[C@H](C)OS(C)(=O)=O. The van der Waals surface area contributed by atoms with Gasteiger partial charge in [0.1, 0.15) is 0 Å². The zero-order valence-electron chi connectivity index (χ0n) is 6.37. The van der Waals surface area contributed by atoms with E-state index >= 15 is 0 Å². The normalized spacial score (nSPS) is 15.9. The van der Waals surface area contributed by atoms with Crippen molar-refractivity contribution in [1.82, 2.24) is 0 Å². The fourth-order valence-electron chi connectivity index (χ4n) is 0.579. The van der Waals surface area contributed by atoms with E-state index in [0.717, 1.165) is 6.26 Å². The Balaban J connectivity index is 3.93. The lowest BCUT2D eigenvalue weighted by Crippen LogP contribution is -2.10. The van der Waals surface area contributed by atoms with Crippen LogP contribution in [0.2, 0.25) is 0 Å². The molecule has 0 heterocycles. The first-order chi connectivity index (χ1) is 4.45. The highest BCUT2D eigenvalue weighted by Crippen LogP contribution is 1.97. The summed E-state index contributed by atoms with van der Waals surface area (Å²) < 4.78 is 25.5. The van der Waals surface area contributed by atoms with Crippen molar-refractivity contribution in [3.05, 3.63) is 12.2 Å². The topological polar surface area (TPSA) is 43.4 Å². The first-order valence-corrected chi connectivity index (χ1v) is 4.78. The Labute approximate surface area is 61.8 Å². The molecule has 0 fully saturated rings. The molecule has 0 bridgehead atoms. The van der Waals surface area contributed by atoms with Crippen molar-refractivity contribution in [2.24, 2.45) is 0 Å². The summed E-state index contributed by atoms with van der Waals surface area (Å²) >= 11 is 0. The third-order valence-electron chi connectivity index (χ3n) is 0.790. The van der Waals surface area contributed by atoms with Gasteiger partial charge in [0, 0.05) is 0 Å². The van der Waals surface area contributed by atoms with E-state index in [4.69, 9.17) is 0 Å². The van der Waals surface area contributed by atoms with Gasteiger partial charge in [-0.2, -0.15) is 8.42 Å². The third-order valence-corrected chi connectivity index (χ3v) is 1.44. The molecule has 0 aliphatic heterocycles. The minimum absolute atomic E-state index is 0.361. The minimum atomic E-state index is -3.30. The molecule has 0 aromatic carbocycles. The monoisotopic (exact) mass is 164 g/mol. The lowest BCUT2D eigenvalue weighted by Gasteiger charge is -2.03. The maximum atomic E-state index is 10.5. The van der Waals surface area contributed by atoms with Crippen molar-refractivity contribution in [3.8, 4) is 0 Å². The number of allylic oxidation sites excluding steroid dienone is 1. The molecule has 0 unspecified atom stereocenters. The molecule has 0 aromatic rings. The van der Waals surface area contributed by atoms with E-state index in [9.17, 15) is 8.42 Å². The van der Waals surface area contributed by atoms with Gasteiger partial charge in [-0.1, -0.05) is 12.2 Å². The van der Waals surface area contributed by atoms with Gasteiger partial charge in [0.2, 0.25) is 0 Å². The van der Waals surface area contributed by atoms with E-state index in [1.165, 1.54) is 0 Å². The van der Waals surface area contributed by atoms with Crippen LogP contribution in [-0.2, 0) is 14.3 Å². The highest BCUT2D eigenvalue weighted by Gasteiger charge is 2.05. The van der Waals surface area contributed by atoms with Gasteiger partial charge in [0.25, 0.3) is 10.1 Å². The van der Waals surface area contributed by atoms with Gasteiger partial charge >= 0.3 is 0 Å². The van der Waals surface area contributed by atoms with Gasteiger partial charge in [0.15, 0.2) is 0 Å². The second-order valence-corrected chi connectivity index (χ2v) is 3.63. The van der Waals surface area contributed by atoms with E-state index in [0.29, 0.717) is 0 Å². The van der Waals surface area contributed by atoms with Crippen molar-refractivity contribution in [3.63, 3.8) is 0 Å². The Morgan fingerprint density at radius 2 is 2.00 bits per heavy atom. The summed E-state index contributed by atoms with van der Waals surface area (Å²) in [4.78, 5) is 0. The molecule has 0 aliphatic carbocycles. The summed E-state index contributed by atoms with van der Waals surface area (Å²) in [7, 11) is -3.30. The zero-order valence-corrected chi connectivity index (χ0v) is 7.18. The first kappa shape index (κ1) is 9.65. The summed E-state index contributed by atoms with van der Waals surface area (Å²) in [6.07, 6.45) is 4.09. The average Bonchev–Trinajstić information content (AvgIpc) is 1.59. The second-order valence-electron chi connectivity index (χ2n) is 2.03. The van der Waals surface area contributed by atoms with Gasteiger partial charge in [-0.3, -0.25) is 4.18 Å². The van der Waals surface area contributed by atoms with Crippen molar-refractivity contribution in [1.29, 1.82) is 0 Å². The molecule has 0 aliphatic rings. The number of rotatable bonds is 3. The molecule has 0 aromatic heterocycles. The zero-order chi connectivity index (χ0) is 8.20. The summed E-state index contributed by atoms with van der Waals surface area (Å²) in [6.45, 7) is 3.48. The predicted molar refractivity (Wildman–Crippen MR) is 40.2 cm³/mol. The summed E-state index contributed by atoms with van der Waals surface area (Å²) in [6, 6.07) is 0. The predicted octanol–water partition coefficient (Wildman–Crippen LogP) is 0.927. The van der Waals surface area contributed by atoms with Crippen molar-refractivity contribution < 1.29 is 12.6 Å².